The number of amides is 1. The van der Waals surface area contributed by atoms with Crippen LogP contribution in [0.25, 0.3) is 0 Å². The number of carbonyl (C=O) groups excluding carboxylic acids is 1. The van der Waals surface area contributed by atoms with Crippen molar-refractivity contribution >= 4 is 15.9 Å². The van der Waals surface area contributed by atoms with Crippen LogP contribution in [-0.2, 0) is 27.8 Å². The lowest BCUT2D eigenvalue weighted by molar-refractivity contribution is -0.134. The Hall–Kier alpha value is -1.40. The van der Waals surface area contributed by atoms with Crippen LogP contribution in [0.1, 0.15) is 52.2 Å². The van der Waals surface area contributed by atoms with Crippen molar-refractivity contribution in [3.63, 3.8) is 0 Å². The van der Waals surface area contributed by atoms with E-state index in [9.17, 15) is 13.2 Å². The Morgan fingerprint density at radius 1 is 1.25 bits per heavy atom. The summed E-state index contributed by atoms with van der Waals surface area (Å²) in [5.41, 5.74) is 2.00. The Balaban J connectivity index is 2.21. The van der Waals surface area contributed by atoms with Crippen LogP contribution in [0.5, 0.6) is 0 Å². The molecular weight excluding hydrogens is 324 g/mol. The zero-order valence-corrected chi connectivity index (χ0v) is 16.0. The highest BCUT2D eigenvalue weighted by atomic mass is 32.2. The van der Waals surface area contributed by atoms with Crippen molar-refractivity contribution in [1.82, 2.24) is 9.62 Å². The van der Waals surface area contributed by atoms with Crippen LogP contribution in [0.2, 0.25) is 0 Å². The molecule has 1 heterocycles. The summed E-state index contributed by atoms with van der Waals surface area (Å²) in [5.74, 6) is 0.127. The molecule has 1 aliphatic rings. The van der Waals surface area contributed by atoms with Gasteiger partial charge in [-0.1, -0.05) is 26.8 Å². The number of nitrogens with one attached hydrogen (secondary N) is 1. The second kappa shape index (κ2) is 6.84. The first-order valence-corrected chi connectivity index (χ1v) is 9.88. The molecule has 24 heavy (non-hydrogen) atoms. The number of nitrogens with zero attached hydrogens (tertiary/aromatic N) is 1. The standard InChI is InChI=1S/C18H28N2O3S/c1-13(2)19-24(22,23)16-7-6-14-8-9-20(12-15(14)10-16)17(21)11-18(3,4)5/h6-7,10,13,19H,8-9,11-12H2,1-5H3. The highest BCUT2D eigenvalue weighted by Gasteiger charge is 2.26. The Kier molecular flexibility index (Phi) is 5.40. The van der Waals surface area contributed by atoms with Crippen molar-refractivity contribution in [2.45, 2.75) is 64.9 Å². The molecule has 0 spiro atoms. The van der Waals surface area contributed by atoms with Gasteiger partial charge < -0.3 is 4.90 Å². The number of fused-ring (bicyclic) bond motifs is 1. The topological polar surface area (TPSA) is 66.5 Å². The fourth-order valence-corrected chi connectivity index (χ4v) is 4.16. The van der Waals surface area contributed by atoms with E-state index in [1.165, 1.54) is 0 Å². The van der Waals surface area contributed by atoms with E-state index in [0.29, 0.717) is 19.5 Å². The molecule has 1 amide bonds. The first kappa shape index (κ1) is 18.9. The molecule has 0 atom stereocenters. The molecule has 1 aromatic rings. The summed E-state index contributed by atoms with van der Waals surface area (Å²) in [4.78, 5) is 14.5. The van der Waals surface area contributed by atoms with Crippen LogP contribution >= 0.6 is 0 Å². The van der Waals surface area contributed by atoms with Gasteiger partial charge in [0.2, 0.25) is 15.9 Å². The molecule has 1 N–H and O–H groups in total. The minimum atomic E-state index is -3.51. The minimum Gasteiger partial charge on any atom is -0.338 e. The third kappa shape index (κ3) is 4.80. The van der Waals surface area contributed by atoms with Gasteiger partial charge in [-0.2, -0.15) is 0 Å². The zero-order chi connectivity index (χ0) is 18.1. The van der Waals surface area contributed by atoms with E-state index >= 15 is 0 Å². The minimum absolute atomic E-state index is 0.0519. The summed E-state index contributed by atoms with van der Waals surface area (Å²) in [6, 6.07) is 5.07. The van der Waals surface area contributed by atoms with E-state index in [1.54, 1.807) is 26.0 Å². The number of hydrogen-bond acceptors (Lipinski definition) is 3. The van der Waals surface area contributed by atoms with Crippen LogP contribution in [-0.4, -0.2) is 31.8 Å². The summed E-state index contributed by atoms with van der Waals surface area (Å²) in [5, 5.41) is 0. The summed E-state index contributed by atoms with van der Waals surface area (Å²) >= 11 is 0. The Bertz CT molecular complexity index is 718. The van der Waals surface area contributed by atoms with Crippen LogP contribution in [0, 0.1) is 5.41 Å². The fraction of sp³-hybridized carbons (Fsp3) is 0.611. The molecule has 6 heteroatoms. The average Bonchev–Trinajstić information content (AvgIpc) is 2.43. The molecule has 0 saturated heterocycles. The first-order valence-electron chi connectivity index (χ1n) is 8.40. The zero-order valence-electron chi connectivity index (χ0n) is 15.2. The summed E-state index contributed by atoms with van der Waals surface area (Å²) in [7, 11) is -3.51. The third-order valence-corrected chi connectivity index (χ3v) is 5.58. The summed E-state index contributed by atoms with van der Waals surface area (Å²) in [6.45, 7) is 10.9. The molecule has 0 bridgehead atoms. The predicted octanol–water partition coefficient (Wildman–Crippen LogP) is 2.69. The van der Waals surface area contributed by atoms with Crippen molar-refractivity contribution < 1.29 is 13.2 Å². The quantitative estimate of drug-likeness (QED) is 0.906. The Labute approximate surface area is 145 Å². The highest BCUT2D eigenvalue weighted by molar-refractivity contribution is 7.89. The Morgan fingerprint density at radius 2 is 1.92 bits per heavy atom. The molecular formula is C18H28N2O3S. The van der Waals surface area contributed by atoms with E-state index in [0.717, 1.165) is 17.5 Å². The van der Waals surface area contributed by atoms with E-state index in [4.69, 9.17) is 0 Å². The molecule has 0 aromatic heterocycles. The molecule has 1 aliphatic heterocycles. The normalized spacial score (nSPS) is 15.5. The van der Waals surface area contributed by atoms with Crippen molar-refractivity contribution in [1.29, 1.82) is 0 Å². The Morgan fingerprint density at radius 3 is 2.50 bits per heavy atom. The van der Waals surface area contributed by atoms with E-state index in [1.807, 2.05) is 31.7 Å². The van der Waals surface area contributed by atoms with Crippen molar-refractivity contribution in [2.24, 2.45) is 5.41 Å². The molecule has 0 aliphatic carbocycles. The first-order chi connectivity index (χ1) is 11.0. The second-order valence-corrected chi connectivity index (χ2v) is 9.72. The van der Waals surface area contributed by atoms with Crippen molar-refractivity contribution in [2.75, 3.05) is 6.54 Å². The van der Waals surface area contributed by atoms with Gasteiger partial charge in [0, 0.05) is 25.6 Å². The fourth-order valence-electron chi connectivity index (χ4n) is 2.86. The van der Waals surface area contributed by atoms with Gasteiger partial charge in [0.05, 0.1) is 4.90 Å². The lowest BCUT2D eigenvalue weighted by atomic mass is 9.91. The molecule has 2 rings (SSSR count). The molecule has 1 aromatic carbocycles. The van der Waals surface area contributed by atoms with Gasteiger partial charge in [-0.05, 0) is 48.9 Å². The maximum atomic E-state index is 12.4. The molecule has 0 saturated carbocycles. The van der Waals surface area contributed by atoms with Gasteiger partial charge in [-0.15, -0.1) is 0 Å². The van der Waals surface area contributed by atoms with E-state index in [-0.39, 0.29) is 22.3 Å². The summed E-state index contributed by atoms with van der Waals surface area (Å²) in [6.07, 6.45) is 1.26. The van der Waals surface area contributed by atoms with Crippen molar-refractivity contribution in [3.05, 3.63) is 29.3 Å². The van der Waals surface area contributed by atoms with Gasteiger partial charge in [0.25, 0.3) is 0 Å². The number of hydrogen-bond donors (Lipinski definition) is 1. The highest BCUT2D eigenvalue weighted by Crippen LogP contribution is 2.26. The van der Waals surface area contributed by atoms with Gasteiger partial charge in [0.1, 0.15) is 0 Å². The SMILES string of the molecule is CC(C)NS(=O)(=O)c1ccc2c(c1)CN(C(=O)CC(C)(C)C)CC2. The predicted molar refractivity (Wildman–Crippen MR) is 95.1 cm³/mol. The largest absolute Gasteiger partial charge is 0.338 e. The monoisotopic (exact) mass is 352 g/mol. The average molecular weight is 353 g/mol. The van der Waals surface area contributed by atoms with Crippen LogP contribution in [0.3, 0.4) is 0 Å². The van der Waals surface area contributed by atoms with E-state index in [2.05, 4.69) is 4.72 Å². The second-order valence-electron chi connectivity index (χ2n) is 8.01. The summed E-state index contributed by atoms with van der Waals surface area (Å²) < 4.78 is 27.3. The van der Waals surface area contributed by atoms with E-state index < -0.39 is 10.0 Å². The molecule has 0 unspecified atom stereocenters. The number of sulfonamides is 1. The van der Waals surface area contributed by atoms with Crippen molar-refractivity contribution in [3.8, 4) is 0 Å². The van der Waals surface area contributed by atoms with Crippen LogP contribution in [0.4, 0.5) is 0 Å². The van der Waals surface area contributed by atoms with Gasteiger partial charge in [0.15, 0.2) is 0 Å². The van der Waals surface area contributed by atoms with Crippen LogP contribution in [0.15, 0.2) is 23.1 Å². The number of carbonyl (C=O) groups is 1. The molecule has 134 valence electrons. The third-order valence-electron chi connectivity index (χ3n) is 3.93. The van der Waals surface area contributed by atoms with Gasteiger partial charge in [-0.25, -0.2) is 13.1 Å². The molecule has 0 fully saturated rings. The smallest absolute Gasteiger partial charge is 0.240 e. The maximum Gasteiger partial charge on any atom is 0.240 e. The number of rotatable bonds is 4. The number of benzene rings is 1. The lowest BCUT2D eigenvalue weighted by Crippen LogP contribution is -2.38. The molecule has 0 radical (unpaired) electrons. The van der Waals surface area contributed by atoms with Crippen LogP contribution < -0.4 is 4.72 Å². The maximum absolute atomic E-state index is 12.4. The lowest BCUT2D eigenvalue weighted by Gasteiger charge is -2.31. The van der Waals surface area contributed by atoms with Gasteiger partial charge in [-0.3, -0.25) is 4.79 Å². The van der Waals surface area contributed by atoms with Gasteiger partial charge >= 0.3 is 0 Å². The molecule has 5 nitrogen and oxygen atoms in total.